The average molecular weight is 364 g/mol. The number of alkyl halides is 3. The fourth-order valence-corrected chi connectivity index (χ4v) is 3.32. The highest BCUT2D eigenvalue weighted by Crippen LogP contribution is 2.39. The predicted molar refractivity (Wildman–Crippen MR) is 76.8 cm³/mol. The highest BCUT2D eigenvalue weighted by Gasteiger charge is 2.54. The number of nitrogens with zero attached hydrogens (tertiary/aromatic N) is 1. The van der Waals surface area contributed by atoms with Gasteiger partial charge in [0, 0.05) is 24.5 Å². The van der Waals surface area contributed by atoms with Crippen molar-refractivity contribution >= 4 is 23.5 Å². The maximum absolute atomic E-state index is 13.0. The van der Waals surface area contributed by atoms with Crippen LogP contribution in [0, 0.1) is 11.8 Å². The van der Waals surface area contributed by atoms with Crippen LogP contribution in [0.15, 0.2) is 18.2 Å². The second-order valence-corrected chi connectivity index (χ2v) is 6.34. The number of carboxylic acid groups (broad SMARTS) is 1. The number of amides is 1. The van der Waals surface area contributed by atoms with E-state index in [1.54, 1.807) is 18.2 Å². The Balaban J connectivity index is 1.74. The van der Waals surface area contributed by atoms with E-state index in [0.717, 1.165) is 4.90 Å². The molecule has 0 bridgehead atoms. The number of ether oxygens (including phenoxy) is 1. The Morgan fingerprint density at radius 1 is 1.29 bits per heavy atom. The number of carboxylic acids is 1. The SMILES string of the molecule is O=C(O)[C@@H]1CN(C(=O)C2Cc3cc(Cl)ccc3O2)C[C@H]1C(F)(F)F. The first kappa shape index (κ1) is 16.9. The number of likely N-dealkylation sites (tertiary alicyclic amines) is 1. The van der Waals surface area contributed by atoms with Crippen LogP contribution in [-0.4, -0.2) is 47.3 Å². The quantitative estimate of drug-likeness (QED) is 0.876. The topological polar surface area (TPSA) is 66.8 Å². The number of carbonyl (C=O) groups is 2. The molecule has 0 aromatic heterocycles. The van der Waals surface area contributed by atoms with Gasteiger partial charge in [0.05, 0.1) is 11.8 Å². The van der Waals surface area contributed by atoms with E-state index in [9.17, 15) is 22.8 Å². The molecule has 0 aliphatic carbocycles. The largest absolute Gasteiger partial charge is 0.481 e. The van der Waals surface area contributed by atoms with E-state index in [0.29, 0.717) is 16.3 Å². The van der Waals surface area contributed by atoms with Gasteiger partial charge in [0.15, 0.2) is 6.10 Å². The third kappa shape index (κ3) is 3.02. The minimum atomic E-state index is -4.68. The van der Waals surface area contributed by atoms with E-state index in [2.05, 4.69) is 0 Å². The second-order valence-electron chi connectivity index (χ2n) is 5.90. The summed E-state index contributed by atoms with van der Waals surface area (Å²) >= 11 is 5.86. The number of halogens is 4. The smallest absolute Gasteiger partial charge is 0.394 e. The molecule has 1 unspecified atom stereocenters. The molecule has 0 radical (unpaired) electrons. The highest BCUT2D eigenvalue weighted by atomic mass is 35.5. The maximum atomic E-state index is 13.0. The van der Waals surface area contributed by atoms with Crippen LogP contribution in [-0.2, 0) is 16.0 Å². The molecule has 2 aliphatic heterocycles. The van der Waals surface area contributed by atoms with E-state index in [1.165, 1.54) is 0 Å². The minimum absolute atomic E-state index is 0.194. The summed E-state index contributed by atoms with van der Waals surface area (Å²) in [5.74, 6) is -5.47. The summed E-state index contributed by atoms with van der Waals surface area (Å²) in [6, 6.07) is 4.81. The van der Waals surface area contributed by atoms with E-state index < -0.39 is 49.1 Å². The van der Waals surface area contributed by atoms with Crippen LogP contribution in [0.3, 0.4) is 0 Å². The third-order valence-electron chi connectivity index (χ3n) is 4.34. The molecule has 5 nitrogen and oxygen atoms in total. The normalized spacial score (nSPS) is 26.2. The van der Waals surface area contributed by atoms with Crippen molar-refractivity contribution in [3.05, 3.63) is 28.8 Å². The molecule has 130 valence electrons. The van der Waals surface area contributed by atoms with E-state index >= 15 is 0 Å². The van der Waals surface area contributed by atoms with Gasteiger partial charge in [0.25, 0.3) is 5.91 Å². The van der Waals surface area contributed by atoms with Gasteiger partial charge in [-0.1, -0.05) is 11.6 Å². The summed E-state index contributed by atoms with van der Waals surface area (Å²) in [6.07, 6.45) is -5.44. The maximum Gasteiger partial charge on any atom is 0.394 e. The van der Waals surface area contributed by atoms with Gasteiger partial charge < -0.3 is 14.7 Å². The van der Waals surface area contributed by atoms with Crippen LogP contribution >= 0.6 is 11.6 Å². The molecular weight excluding hydrogens is 351 g/mol. The molecule has 1 amide bonds. The van der Waals surface area contributed by atoms with Gasteiger partial charge >= 0.3 is 12.1 Å². The lowest BCUT2D eigenvalue weighted by molar-refractivity contribution is -0.188. The average Bonchev–Trinajstić information content (AvgIpc) is 3.09. The number of carbonyl (C=O) groups excluding carboxylic acids is 1. The van der Waals surface area contributed by atoms with E-state index in [-0.39, 0.29) is 6.42 Å². The van der Waals surface area contributed by atoms with Crippen LogP contribution in [0.1, 0.15) is 5.56 Å². The number of benzene rings is 1. The van der Waals surface area contributed by atoms with Gasteiger partial charge in [-0.2, -0.15) is 13.2 Å². The Morgan fingerprint density at radius 2 is 2.00 bits per heavy atom. The fraction of sp³-hybridized carbons (Fsp3) is 0.467. The summed E-state index contributed by atoms with van der Waals surface area (Å²) in [6.45, 7) is -1.15. The summed E-state index contributed by atoms with van der Waals surface area (Å²) in [7, 11) is 0. The van der Waals surface area contributed by atoms with Gasteiger partial charge in [-0.25, -0.2) is 0 Å². The number of aliphatic carboxylic acids is 1. The predicted octanol–water partition coefficient (Wildman–Crippen LogP) is 2.37. The molecule has 9 heteroatoms. The zero-order chi connectivity index (χ0) is 17.6. The molecule has 2 heterocycles. The molecule has 24 heavy (non-hydrogen) atoms. The fourth-order valence-electron chi connectivity index (χ4n) is 3.12. The standard InChI is InChI=1S/C15H13ClF3NO4/c16-8-1-2-11-7(3-8)4-12(24-11)13(21)20-5-9(14(22)23)10(6-20)15(17,18)19/h1-3,9-10,12H,4-6H2,(H,22,23)/t9-,10-,12?/m1/s1. The van der Waals surface area contributed by atoms with Crippen molar-refractivity contribution in [1.82, 2.24) is 4.90 Å². The summed E-state index contributed by atoms with van der Waals surface area (Å²) in [5, 5.41) is 9.47. The van der Waals surface area contributed by atoms with Gasteiger partial charge in [-0.3, -0.25) is 9.59 Å². The van der Waals surface area contributed by atoms with Crippen LogP contribution in [0.2, 0.25) is 5.02 Å². The first-order chi connectivity index (χ1) is 11.2. The van der Waals surface area contributed by atoms with Crippen LogP contribution in [0.5, 0.6) is 5.75 Å². The molecule has 2 aliphatic rings. The zero-order valence-electron chi connectivity index (χ0n) is 12.2. The van der Waals surface area contributed by atoms with Crippen molar-refractivity contribution < 1.29 is 32.6 Å². The van der Waals surface area contributed by atoms with Crippen molar-refractivity contribution in [1.29, 1.82) is 0 Å². The molecule has 1 N–H and O–H groups in total. The zero-order valence-corrected chi connectivity index (χ0v) is 13.0. The van der Waals surface area contributed by atoms with Gasteiger partial charge in [-0.05, 0) is 23.8 Å². The summed E-state index contributed by atoms with van der Waals surface area (Å²) in [4.78, 5) is 24.5. The van der Waals surface area contributed by atoms with Gasteiger partial charge in [0.2, 0.25) is 0 Å². The number of hydrogen-bond acceptors (Lipinski definition) is 3. The molecule has 1 saturated heterocycles. The Morgan fingerprint density at radius 3 is 2.58 bits per heavy atom. The van der Waals surface area contributed by atoms with Crippen LogP contribution in [0.4, 0.5) is 13.2 Å². The van der Waals surface area contributed by atoms with Crippen molar-refractivity contribution in [2.75, 3.05) is 13.1 Å². The van der Waals surface area contributed by atoms with Crippen molar-refractivity contribution in [2.45, 2.75) is 18.7 Å². The molecular formula is C15H13ClF3NO4. The van der Waals surface area contributed by atoms with Gasteiger partial charge in [0.1, 0.15) is 5.75 Å². The first-order valence-corrected chi connectivity index (χ1v) is 7.58. The lowest BCUT2D eigenvalue weighted by Gasteiger charge is -2.20. The lowest BCUT2D eigenvalue weighted by atomic mass is 9.96. The number of hydrogen-bond donors (Lipinski definition) is 1. The molecule has 1 fully saturated rings. The monoisotopic (exact) mass is 363 g/mol. The number of rotatable bonds is 2. The molecule has 0 saturated carbocycles. The Labute approximate surface area is 139 Å². The Kier molecular flexibility index (Phi) is 4.11. The molecule has 1 aromatic carbocycles. The van der Waals surface area contributed by atoms with Gasteiger partial charge in [-0.15, -0.1) is 0 Å². The summed E-state index contributed by atoms with van der Waals surface area (Å²) in [5.41, 5.74) is 0.696. The summed E-state index contributed by atoms with van der Waals surface area (Å²) < 4.78 is 44.5. The van der Waals surface area contributed by atoms with Crippen molar-refractivity contribution in [2.24, 2.45) is 11.8 Å². The Bertz CT molecular complexity index is 694. The Hall–Kier alpha value is -1.96. The molecule has 0 spiro atoms. The van der Waals surface area contributed by atoms with Crippen molar-refractivity contribution in [3.63, 3.8) is 0 Å². The second kappa shape index (κ2) is 5.84. The van der Waals surface area contributed by atoms with Crippen molar-refractivity contribution in [3.8, 4) is 5.75 Å². The molecule has 3 atom stereocenters. The minimum Gasteiger partial charge on any atom is -0.481 e. The number of fused-ring (bicyclic) bond motifs is 1. The lowest BCUT2D eigenvalue weighted by Crippen LogP contribution is -2.41. The third-order valence-corrected chi connectivity index (χ3v) is 4.58. The van der Waals surface area contributed by atoms with E-state index in [4.69, 9.17) is 21.4 Å². The molecule has 1 aromatic rings. The highest BCUT2D eigenvalue weighted by molar-refractivity contribution is 6.30. The first-order valence-electron chi connectivity index (χ1n) is 7.20. The van der Waals surface area contributed by atoms with E-state index in [1.807, 2.05) is 0 Å². The van der Waals surface area contributed by atoms with Crippen LogP contribution in [0.25, 0.3) is 0 Å². The van der Waals surface area contributed by atoms with Crippen LogP contribution < -0.4 is 4.74 Å². The molecule has 3 rings (SSSR count).